The molecule has 6 heteroatoms. The molecule has 0 heterocycles. The highest BCUT2D eigenvalue weighted by Crippen LogP contribution is 2.30. The lowest BCUT2D eigenvalue weighted by molar-refractivity contribution is -0.140. The number of benzene rings is 1. The first-order chi connectivity index (χ1) is 8.31. The largest absolute Gasteiger partial charge is 0.491 e. The second-order valence-corrected chi connectivity index (χ2v) is 4.28. The zero-order valence-electron chi connectivity index (χ0n) is 10.3. The molecule has 3 nitrogen and oxygen atoms in total. The van der Waals surface area contributed by atoms with E-state index in [1.807, 2.05) is 13.8 Å². The van der Waals surface area contributed by atoms with E-state index in [0.717, 1.165) is 0 Å². The normalized spacial score (nSPS) is 13.7. The fourth-order valence-corrected chi connectivity index (χ4v) is 1.58. The number of hydrogen-bond donors (Lipinski definition) is 2. The van der Waals surface area contributed by atoms with Gasteiger partial charge in [0.25, 0.3) is 0 Å². The van der Waals surface area contributed by atoms with E-state index in [0.29, 0.717) is 11.3 Å². The summed E-state index contributed by atoms with van der Waals surface area (Å²) in [4.78, 5) is 0. The summed E-state index contributed by atoms with van der Waals surface area (Å²) in [5, 5.41) is 0. The quantitative estimate of drug-likeness (QED) is 0.633. The second-order valence-electron chi connectivity index (χ2n) is 4.28. The van der Waals surface area contributed by atoms with E-state index >= 15 is 0 Å². The minimum absolute atomic E-state index is 0.0350. The third-order valence-electron chi connectivity index (χ3n) is 2.27. The van der Waals surface area contributed by atoms with E-state index in [-0.39, 0.29) is 6.10 Å². The summed E-state index contributed by atoms with van der Waals surface area (Å²) in [6.07, 6.45) is -5.33. The summed E-state index contributed by atoms with van der Waals surface area (Å²) in [7, 11) is 0. The molecule has 0 aliphatic carbocycles. The van der Waals surface area contributed by atoms with Crippen LogP contribution in [-0.4, -0.2) is 12.3 Å². The Morgan fingerprint density at radius 3 is 2.50 bits per heavy atom. The Bertz CT molecular complexity index is 380. The van der Waals surface area contributed by atoms with Gasteiger partial charge in [0, 0.05) is 0 Å². The average molecular weight is 262 g/mol. The van der Waals surface area contributed by atoms with Gasteiger partial charge < -0.3 is 4.74 Å². The van der Waals surface area contributed by atoms with Crippen LogP contribution in [0.5, 0.6) is 5.75 Å². The summed E-state index contributed by atoms with van der Waals surface area (Å²) < 4.78 is 42.5. The van der Waals surface area contributed by atoms with E-state index < -0.39 is 18.6 Å². The molecular formula is C12H17F3N2O. The predicted molar refractivity (Wildman–Crippen MR) is 62.9 cm³/mol. The van der Waals surface area contributed by atoms with Crippen molar-refractivity contribution in [2.45, 2.75) is 38.6 Å². The van der Waals surface area contributed by atoms with Crippen LogP contribution in [0.3, 0.4) is 0 Å². The standard InChI is InChI=1S/C12H17F3N2O/c1-8(2)18-10-5-3-4-9(6-10)11(17-16)7-12(13,14)15/h3-6,8,11,17H,7,16H2,1-2H3. The molecule has 0 aromatic heterocycles. The van der Waals surface area contributed by atoms with Gasteiger partial charge in [-0.25, -0.2) is 0 Å². The lowest BCUT2D eigenvalue weighted by atomic mass is 10.0. The summed E-state index contributed by atoms with van der Waals surface area (Å²) in [6, 6.07) is 5.53. The van der Waals surface area contributed by atoms with Crippen molar-refractivity contribution in [1.82, 2.24) is 5.43 Å². The Morgan fingerprint density at radius 2 is 2.00 bits per heavy atom. The molecule has 1 rings (SSSR count). The molecule has 1 aromatic carbocycles. The molecule has 0 spiro atoms. The van der Waals surface area contributed by atoms with Gasteiger partial charge in [-0.2, -0.15) is 13.2 Å². The monoisotopic (exact) mass is 262 g/mol. The molecule has 102 valence electrons. The lowest BCUT2D eigenvalue weighted by Crippen LogP contribution is -2.31. The van der Waals surface area contributed by atoms with Gasteiger partial charge in [0.15, 0.2) is 0 Å². The Kier molecular flexibility index (Phi) is 4.98. The van der Waals surface area contributed by atoms with Crippen molar-refractivity contribution in [3.63, 3.8) is 0 Å². The van der Waals surface area contributed by atoms with Gasteiger partial charge in [-0.05, 0) is 31.5 Å². The molecule has 18 heavy (non-hydrogen) atoms. The Morgan fingerprint density at radius 1 is 1.33 bits per heavy atom. The van der Waals surface area contributed by atoms with Crippen LogP contribution in [0.15, 0.2) is 24.3 Å². The van der Waals surface area contributed by atoms with Crippen molar-refractivity contribution in [1.29, 1.82) is 0 Å². The Labute approximate surface area is 104 Å². The molecule has 0 amide bonds. The van der Waals surface area contributed by atoms with Gasteiger partial charge in [0.2, 0.25) is 0 Å². The maximum absolute atomic E-state index is 12.4. The number of ether oxygens (including phenoxy) is 1. The molecule has 0 radical (unpaired) electrons. The van der Waals surface area contributed by atoms with Crippen LogP contribution >= 0.6 is 0 Å². The average Bonchev–Trinajstić information content (AvgIpc) is 2.24. The van der Waals surface area contributed by atoms with Crippen molar-refractivity contribution < 1.29 is 17.9 Å². The van der Waals surface area contributed by atoms with Crippen LogP contribution in [0.4, 0.5) is 13.2 Å². The first kappa shape index (κ1) is 14.8. The van der Waals surface area contributed by atoms with Crippen LogP contribution in [-0.2, 0) is 0 Å². The molecule has 1 aromatic rings. The van der Waals surface area contributed by atoms with Gasteiger partial charge in [-0.3, -0.25) is 11.3 Å². The third kappa shape index (κ3) is 4.93. The van der Waals surface area contributed by atoms with Gasteiger partial charge >= 0.3 is 6.18 Å². The van der Waals surface area contributed by atoms with Crippen LogP contribution < -0.4 is 16.0 Å². The Balaban J connectivity index is 2.86. The van der Waals surface area contributed by atoms with Gasteiger partial charge in [0.05, 0.1) is 18.6 Å². The first-order valence-electron chi connectivity index (χ1n) is 5.61. The van der Waals surface area contributed by atoms with Crippen molar-refractivity contribution in [3.8, 4) is 5.75 Å². The lowest BCUT2D eigenvalue weighted by Gasteiger charge is -2.19. The smallest absolute Gasteiger partial charge is 0.390 e. The van der Waals surface area contributed by atoms with E-state index in [1.54, 1.807) is 24.3 Å². The SMILES string of the molecule is CC(C)Oc1cccc(C(CC(F)(F)F)NN)c1. The highest BCUT2D eigenvalue weighted by molar-refractivity contribution is 5.30. The predicted octanol–water partition coefficient (Wildman–Crippen LogP) is 2.93. The number of hydrogen-bond acceptors (Lipinski definition) is 3. The molecule has 3 N–H and O–H groups in total. The highest BCUT2D eigenvalue weighted by Gasteiger charge is 2.32. The number of nitrogens with one attached hydrogen (secondary N) is 1. The van der Waals surface area contributed by atoms with Crippen LogP contribution in [0, 0.1) is 0 Å². The summed E-state index contributed by atoms with van der Waals surface area (Å²) in [5.74, 6) is 5.70. The van der Waals surface area contributed by atoms with E-state index in [2.05, 4.69) is 5.43 Å². The molecule has 1 unspecified atom stereocenters. The molecular weight excluding hydrogens is 245 g/mol. The number of alkyl halides is 3. The minimum atomic E-state index is -4.27. The van der Waals surface area contributed by atoms with Crippen molar-refractivity contribution >= 4 is 0 Å². The number of halogens is 3. The number of nitrogens with two attached hydrogens (primary N) is 1. The maximum Gasteiger partial charge on any atom is 0.390 e. The summed E-state index contributed by atoms with van der Waals surface area (Å²) >= 11 is 0. The van der Waals surface area contributed by atoms with Crippen molar-refractivity contribution in [2.75, 3.05) is 0 Å². The van der Waals surface area contributed by atoms with E-state index in [9.17, 15) is 13.2 Å². The summed E-state index contributed by atoms with van der Waals surface area (Å²) in [6.45, 7) is 3.70. The maximum atomic E-state index is 12.4. The van der Waals surface area contributed by atoms with E-state index in [4.69, 9.17) is 10.6 Å². The fraction of sp³-hybridized carbons (Fsp3) is 0.500. The third-order valence-corrected chi connectivity index (χ3v) is 2.27. The highest BCUT2D eigenvalue weighted by atomic mass is 19.4. The van der Waals surface area contributed by atoms with Gasteiger partial charge in [0.1, 0.15) is 5.75 Å². The number of hydrazine groups is 1. The Hall–Kier alpha value is -1.27. The minimum Gasteiger partial charge on any atom is -0.491 e. The van der Waals surface area contributed by atoms with Crippen LogP contribution in [0.2, 0.25) is 0 Å². The summed E-state index contributed by atoms with van der Waals surface area (Å²) in [5.41, 5.74) is 2.63. The second kappa shape index (κ2) is 6.06. The van der Waals surface area contributed by atoms with Crippen molar-refractivity contribution in [3.05, 3.63) is 29.8 Å². The van der Waals surface area contributed by atoms with Crippen LogP contribution in [0.25, 0.3) is 0 Å². The van der Waals surface area contributed by atoms with Gasteiger partial charge in [-0.1, -0.05) is 12.1 Å². The van der Waals surface area contributed by atoms with E-state index in [1.165, 1.54) is 0 Å². The zero-order valence-corrected chi connectivity index (χ0v) is 10.3. The van der Waals surface area contributed by atoms with Gasteiger partial charge in [-0.15, -0.1) is 0 Å². The van der Waals surface area contributed by atoms with Crippen LogP contribution in [0.1, 0.15) is 31.9 Å². The molecule has 0 bridgehead atoms. The number of rotatable bonds is 5. The molecule has 0 fully saturated rings. The molecule has 0 aliphatic rings. The zero-order chi connectivity index (χ0) is 13.8. The molecule has 0 aliphatic heterocycles. The topological polar surface area (TPSA) is 47.3 Å². The molecule has 0 saturated heterocycles. The molecule has 1 atom stereocenters. The molecule has 0 saturated carbocycles. The first-order valence-corrected chi connectivity index (χ1v) is 5.61. The fourth-order valence-electron chi connectivity index (χ4n) is 1.58. The van der Waals surface area contributed by atoms with Crippen molar-refractivity contribution in [2.24, 2.45) is 5.84 Å².